The molecule has 2 aromatic rings. The summed E-state index contributed by atoms with van der Waals surface area (Å²) in [5, 5.41) is 3.45. The van der Waals surface area contributed by atoms with E-state index in [0.717, 1.165) is 38.2 Å². The van der Waals surface area contributed by atoms with E-state index in [4.69, 9.17) is 4.74 Å². The van der Waals surface area contributed by atoms with E-state index < -0.39 is 10.0 Å². The van der Waals surface area contributed by atoms with Crippen molar-refractivity contribution in [2.24, 2.45) is 4.99 Å². The average Bonchev–Trinajstić information content (AvgIpc) is 3.26. The molecule has 1 aromatic carbocycles. The highest BCUT2D eigenvalue weighted by Gasteiger charge is 2.31. The summed E-state index contributed by atoms with van der Waals surface area (Å²) >= 11 is 1.37. The molecule has 0 radical (unpaired) electrons. The number of fused-ring (bicyclic) bond motifs is 1. The lowest BCUT2D eigenvalue weighted by Crippen LogP contribution is -2.24. The Bertz CT molecular complexity index is 938. The first-order valence-electron chi connectivity index (χ1n) is 10.1. The van der Waals surface area contributed by atoms with Gasteiger partial charge in [0.1, 0.15) is 16.5 Å². The molecule has 1 aromatic heterocycles. The van der Waals surface area contributed by atoms with Crippen LogP contribution in [-0.2, 0) is 16.6 Å². The molecule has 1 N–H and O–H groups in total. The Labute approximate surface area is 189 Å². The van der Waals surface area contributed by atoms with Crippen LogP contribution in [0.5, 0.6) is 5.75 Å². The molecule has 3 rings (SSSR count). The molecule has 1 aliphatic heterocycles. The van der Waals surface area contributed by atoms with Gasteiger partial charge in [0.15, 0.2) is 0 Å². The molecular formula is C21H30ClN3O3S2. The number of nitrogens with zero attached hydrogens (tertiary/aromatic N) is 2. The van der Waals surface area contributed by atoms with Crippen LogP contribution in [0.1, 0.15) is 44.2 Å². The second-order valence-electron chi connectivity index (χ2n) is 7.11. The highest BCUT2D eigenvalue weighted by atomic mass is 35.5. The summed E-state index contributed by atoms with van der Waals surface area (Å²) in [6.07, 6.45) is 3.02. The molecule has 0 aliphatic carbocycles. The van der Waals surface area contributed by atoms with Crippen LogP contribution in [0.15, 0.2) is 44.9 Å². The summed E-state index contributed by atoms with van der Waals surface area (Å²) < 4.78 is 32.3. The van der Waals surface area contributed by atoms with Crippen molar-refractivity contribution in [3.05, 3.63) is 46.2 Å². The van der Waals surface area contributed by atoms with Gasteiger partial charge in [-0.25, -0.2) is 8.42 Å². The molecule has 0 spiro atoms. The second-order valence-corrected chi connectivity index (χ2v) is 9.51. The highest BCUT2D eigenvalue weighted by Crippen LogP contribution is 2.26. The summed E-state index contributed by atoms with van der Waals surface area (Å²) in [5.74, 6) is 1.31. The number of hydrogen-bond donors (Lipinski definition) is 1. The van der Waals surface area contributed by atoms with E-state index in [1.54, 1.807) is 5.38 Å². The lowest BCUT2D eigenvalue weighted by atomic mass is 10.2. The van der Waals surface area contributed by atoms with Gasteiger partial charge in [0.25, 0.3) is 10.0 Å². The third-order valence-electron chi connectivity index (χ3n) is 4.63. The van der Waals surface area contributed by atoms with Gasteiger partial charge in [0.05, 0.1) is 6.61 Å². The number of benzene rings is 1. The fraction of sp³-hybridized carbons (Fsp3) is 0.476. The Morgan fingerprint density at radius 3 is 2.67 bits per heavy atom. The van der Waals surface area contributed by atoms with Crippen molar-refractivity contribution in [3.8, 4) is 5.75 Å². The van der Waals surface area contributed by atoms with Gasteiger partial charge >= 0.3 is 0 Å². The minimum atomic E-state index is -3.43. The highest BCUT2D eigenvalue weighted by molar-refractivity contribution is 7.90. The van der Waals surface area contributed by atoms with Gasteiger partial charge in [0, 0.05) is 35.8 Å². The van der Waals surface area contributed by atoms with Crippen molar-refractivity contribution in [1.82, 2.24) is 9.62 Å². The Kier molecular flexibility index (Phi) is 9.61. The fourth-order valence-electron chi connectivity index (χ4n) is 3.36. The van der Waals surface area contributed by atoms with Crippen LogP contribution in [0.4, 0.5) is 0 Å². The van der Waals surface area contributed by atoms with Crippen LogP contribution in [-0.4, -0.2) is 45.4 Å². The monoisotopic (exact) mass is 471 g/mol. The third-order valence-corrected chi connectivity index (χ3v) is 6.90. The van der Waals surface area contributed by atoms with Crippen LogP contribution in [0.25, 0.3) is 0 Å². The van der Waals surface area contributed by atoms with E-state index in [9.17, 15) is 8.42 Å². The molecule has 0 bridgehead atoms. The number of halogens is 1. The van der Waals surface area contributed by atoms with Crippen molar-refractivity contribution < 1.29 is 13.2 Å². The summed E-state index contributed by atoms with van der Waals surface area (Å²) in [5.41, 5.74) is 1.93. The molecule has 0 fully saturated rings. The van der Waals surface area contributed by atoms with E-state index in [-0.39, 0.29) is 12.4 Å². The molecule has 30 heavy (non-hydrogen) atoms. The fourth-order valence-corrected chi connectivity index (χ4v) is 5.79. The van der Waals surface area contributed by atoms with E-state index >= 15 is 0 Å². The standard InChI is InChI=1S/C21H29N3O3S2.ClH/c1-3-10-24(11-4-2)14-17-7-5-8-18(13-17)27-12-6-9-22-21-19-15-28-16-20(19)29(25,26)23-21;/h5,7-8,13,15-16H,3-4,6,9-12,14H2,1-2H3,(H,22,23);1H. The summed E-state index contributed by atoms with van der Waals surface area (Å²) in [7, 11) is -3.43. The molecule has 0 unspecified atom stereocenters. The Hall–Kier alpha value is -1.61. The molecule has 2 heterocycles. The minimum absolute atomic E-state index is 0. The maximum atomic E-state index is 12.0. The Morgan fingerprint density at radius 1 is 1.17 bits per heavy atom. The summed E-state index contributed by atoms with van der Waals surface area (Å²) in [6.45, 7) is 8.62. The number of ether oxygens (including phenoxy) is 1. The number of hydrogen-bond acceptors (Lipinski definition) is 6. The first-order valence-corrected chi connectivity index (χ1v) is 12.5. The van der Waals surface area contributed by atoms with Gasteiger partial charge in [0.2, 0.25) is 0 Å². The van der Waals surface area contributed by atoms with Gasteiger partial charge in [-0.3, -0.25) is 14.6 Å². The number of sulfonamides is 1. The largest absolute Gasteiger partial charge is 0.494 e. The average molecular weight is 472 g/mol. The van der Waals surface area contributed by atoms with Gasteiger partial charge in [-0.05, 0) is 43.6 Å². The van der Waals surface area contributed by atoms with Crippen LogP contribution in [0.2, 0.25) is 0 Å². The smallest absolute Gasteiger partial charge is 0.264 e. The molecule has 9 heteroatoms. The summed E-state index contributed by atoms with van der Waals surface area (Å²) in [4.78, 5) is 7.20. The van der Waals surface area contributed by atoms with Crippen molar-refractivity contribution >= 4 is 39.6 Å². The molecular weight excluding hydrogens is 442 g/mol. The number of rotatable bonds is 11. The molecule has 0 atom stereocenters. The van der Waals surface area contributed by atoms with Gasteiger partial charge < -0.3 is 4.74 Å². The molecule has 166 valence electrons. The SMILES string of the molecule is CCCN(CCC)Cc1cccc(OCCCN=C2NS(=O)(=O)c3cscc32)c1.Cl. The van der Waals surface area contributed by atoms with Gasteiger partial charge in [-0.2, -0.15) is 11.3 Å². The molecule has 0 saturated heterocycles. The third kappa shape index (κ3) is 6.44. The maximum absolute atomic E-state index is 12.0. The van der Waals surface area contributed by atoms with E-state index in [1.807, 2.05) is 17.5 Å². The molecule has 1 aliphatic rings. The van der Waals surface area contributed by atoms with Crippen molar-refractivity contribution in [3.63, 3.8) is 0 Å². The van der Waals surface area contributed by atoms with Gasteiger partial charge in [-0.1, -0.05) is 26.0 Å². The Morgan fingerprint density at radius 2 is 1.93 bits per heavy atom. The van der Waals surface area contributed by atoms with E-state index in [2.05, 4.69) is 40.6 Å². The number of aliphatic imine (C=N–C) groups is 1. The zero-order chi connectivity index (χ0) is 20.7. The zero-order valence-corrected chi connectivity index (χ0v) is 19.9. The van der Waals surface area contributed by atoms with Crippen LogP contribution in [0.3, 0.4) is 0 Å². The van der Waals surface area contributed by atoms with E-state index in [1.165, 1.54) is 16.9 Å². The predicted molar refractivity (Wildman–Crippen MR) is 126 cm³/mol. The van der Waals surface area contributed by atoms with E-state index in [0.29, 0.717) is 35.9 Å². The predicted octanol–water partition coefficient (Wildman–Crippen LogP) is 4.30. The second kappa shape index (κ2) is 11.7. The number of nitrogens with one attached hydrogen (secondary N) is 1. The van der Waals surface area contributed by atoms with Gasteiger partial charge in [-0.15, -0.1) is 12.4 Å². The van der Waals surface area contributed by atoms with Crippen molar-refractivity contribution in [1.29, 1.82) is 0 Å². The van der Waals surface area contributed by atoms with Crippen LogP contribution in [0, 0.1) is 0 Å². The minimum Gasteiger partial charge on any atom is -0.494 e. The van der Waals surface area contributed by atoms with Crippen molar-refractivity contribution in [2.75, 3.05) is 26.2 Å². The molecule has 0 amide bonds. The molecule has 6 nitrogen and oxygen atoms in total. The quantitative estimate of drug-likeness (QED) is 0.496. The Balaban J connectivity index is 0.00000320. The topological polar surface area (TPSA) is 71.0 Å². The normalized spacial score (nSPS) is 15.6. The van der Waals surface area contributed by atoms with Crippen LogP contribution < -0.4 is 9.46 Å². The maximum Gasteiger partial charge on any atom is 0.264 e. The lowest BCUT2D eigenvalue weighted by Gasteiger charge is -2.21. The lowest BCUT2D eigenvalue weighted by molar-refractivity contribution is 0.265. The van der Waals surface area contributed by atoms with Crippen LogP contribution >= 0.6 is 23.7 Å². The number of amidine groups is 1. The molecule has 0 saturated carbocycles. The summed E-state index contributed by atoms with van der Waals surface area (Å²) in [6, 6.07) is 8.25. The first-order chi connectivity index (χ1) is 14.0. The zero-order valence-electron chi connectivity index (χ0n) is 17.5. The number of thiophene rings is 1. The first kappa shape index (κ1) is 24.7. The van der Waals surface area contributed by atoms with Crippen molar-refractivity contribution in [2.45, 2.75) is 44.6 Å².